The summed E-state index contributed by atoms with van der Waals surface area (Å²) < 4.78 is 4.87. The van der Waals surface area contributed by atoms with E-state index in [1.165, 1.54) is 4.90 Å². The Hall–Kier alpha value is -1.26. The van der Waals surface area contributed by atoms with Crippen LogP contribution in [-0.4, -0.2) is 36.1 Å². The van der Waals surface area contributed by atoms with Crippen LogP contribution in [0.2, 0.25) is 0 Å². The Balaban J connectivity index is 2.62. The number of urea groups is 1. The number of hydrogen-bond donors (Lipinski definition) is 1. The van der Waals surface area contributed by atoms with Gasteiger partial charge in [0.05, 0.1) is 6.61 Å². The maximum Gasteiger partial charge on any atom is 0.328 e. The normalized spacial score (nSPS) is 21.8. The van der Waals surface area contributed by atoms with Crippen molar-refractivity contribution in [1.29, 1.82) is 0 Å². The van der Waals surface area contributed by atoms with E-state index in [4.69, 9.17) is 10.5 Å². The van der Waals surface area contributed by atoms with Gasteiger partial charge in [-0.05, 0) is 26.2 Å². The fourth-order valence-electron chi connectivity index (χ4n) is 1.68. The van der Waals surface area contributed by atoms with E-state index in [0.29, 0.717) is 19.6 Å². The SMILES string of the molecule is CCOC(=O)C1CCCCN1C(N)=O. The Bertz CT molecular complexity index is 230. The average molecular weight is 200 g/mol. The number of hydrogen-bond acceptors (Lipinski definition) is 3. The molecule has 0 aromatic rings. The highest BCUT2D eigenvalue weighted by Gasteiger charge is 2.31. The average Bonchev–Trinajstić information content (AvgIpc) is 2.18. The molecule has 2 N–H and O–H groups in total. The fourth-order valence-corrected chi connectivity index (χ4v) is 1.68. The molecule has 1 heterocycles. The first-order valence-corrected chi connectivity index (χ1v) is 4.89. The van der Waals surface area contributed by atoms with Gasteiger partial charge in [0, 0.05) is 6.54 Å². The van der Waals surface area contributed by atoms with Crippen molar-refractivity contribution in [2.45, 2.75) is 32.2 Å². The predicted molar refractivity (Wildman–Crippen MR) is 50.6 cm³/mol. The zero-order valence-corrected chi connectivity index (χ0v) is 8.36. The van der Waals surface area contributed by atoms with Crippen LogP contribution < -0.4 is 5.73 Å². The van der Waals surface area contributed by atoms with Gasteiger partial charge in [-0.1, -0.05) is 0 Å². The van der Waals surface area contributed by atoms with Gasteiger partial charge in [0.2, 0.25) is 0 Å². The van der Waals surface area contributed by atoms with E-state index >= 15 is 0 Å². The number of carbonyl (C=O) groups excluding carboxylic acids is 2. The molecule has 0 saturated carbocycles. The summed E-state index contributed by atoms with van der Waals surface area (Å²) in [4.78, 5) is 23.8. The van der Waals surface area contributed by atoms with E-state index in [2.05, 4.69) is 0 Å². The van der Waals surface area contributed by atoms with Crippen molar-refractivity contribution in [2.75, 3.05) is 13.2 Å². The molecule has 1 unspecified atom stereocenters. The second-order valence-corrected chi connectivity index (χ2v) is 3.30. The quantitative estimate of drug-likeness (QED) is 0.659. The molecule has 0 aromatic heterocycles. The summed E-state index contributed by atoms with van der Waals surface area (Å²) in [5.74, 6) is -0.342. The minimum absolute atomic E-state index is 0.335. The standard InChI is InChI=1S/C9H16N2O3/c1-2-14-8(12)7-5-3-4-6-11(7)9(10)13/h7H,2-6H2,1H3,(H2,10,13). The van der Waals surface area contributed by atoms with Crippen LogP contribution in [-0.2, 0) is 9.53 Å². The fraction of sp³-hybridized carbons (Fsp3) is 0.778. The van der Waals surface area contributed by atoms with Gasteiger partial charge >= 0.3 is 12.0 Å². The molecule has 2 amide bonds. The van der Waals surface area contributed by atoms with Crippen LogP contribution in [0, 0.1) is 0 Å². The number of likely N-dealkylation sites (tertiary alicyclic amines) is 1. The van der Waals surface area contributed by atoms with Crippen molar-refractivity contribution < 1.29 is 14.3 Å². The first kappa shape index (κ1) is 10.8. The molecule has 1 atom stereocenters. The first-order chi connectivity index (χ1) is 6.66. The van der Waals surface area contributed by atoms with Crippen molar-refractivity contribution in [3.8, 4) is 0 Å². The molecule has 0 radical (unpaired) electrons. The lowest BCUT2D eigenvalue weighted by Crippen LogP contribution is -2.50. The molecule has 80 valence electrons. The molecule has 1 rings (SSSR count). The van der Waals surface area contributed by atoms with Crippen LogP contribution in [0.5, 0.6) is 0 Å². The van der Waals surface area contributed by atoms with Crippen LogP contribution in [0.1, 0.15) is 26.2 Å². The summed E-state index contributed by atoms with van der Waals surface area (Å²) in [5.41, 5.74) is 5.17. The first-order valence-electron chi connectivity index (χ1n) is 4.89. The van der Waals surface area contributed by atoms with Crippen LogP contribution >= 0.6 is 0 Å². The molecule has 14 heavy (non-hydrogen) atoms. The molecule has 0 spiro atoms. The number of esters is 1. The number of rotatable bonds is 2. The van der Waals surface area contributed by atoms with Gasteiger partial charge in [0.1, 0.15) is 6.04 Å². The van der Waals surface area contributed by atoms with Crippen molar-refractivity contribution in [2.24, 2.45) is 5.73 Å². The van der Waals surface area contributed by atoms with Crippen LogP contribution in [0.25, 0.3) is 0 Å². The summed E-state index contributed by atoms with van der Waals surface area (Å²) in [6.45, 7) is 2.64. The molecule has 0 bridgehead atoms. The molecule has 5 heteroatoms. The van der Waals surface area contributed by atoms with Crippen molar-refractivity contribution in [1.82, 2.24) is 4.90 Å². The van der Waals surface area contributed by atoms with Gasteiger partial charge in [0.25, 0.3) is 0 Å². The zero-order chi connectivity index (χ0) is 10.6. The number of carbonyl (C=O) groups is 2. The number of nitrogens with two attached hydrogens (primary N) is 1. The summed E-state index contributed by atoms with van der Waals surface area (Å²) in [6.07, 6.45) is 2.49. The van der Waals surface area contributed by atoms with Gasteiger partial charge in [-0.3, -0.25) is 0 Å². The van der Waals surface area contributed by atoms with Gasteiger partial charge in [-0.15, -0.1) is 0 Å². The van der Waals surface area contributed by atoms with Crippen LogP contribution in [0.15, 0.2) is 0 Å². The lowest BCUT2D eigenvalue weighted by atomic mass is 10.0. The minimum atomic E-state index is -0.539. The highest BCUT2D eigenvalue weighted by molar-refractivity contribution is 5.83. The van der Waals surface area contributed by atoms with Crippen LogP contribution in [0.3, 0.4) is 0 Å². The van der Waals surface area contributed by atoms with E-state index in [1.54, 1.807) is 6.92 Å². The Kier molecular flexibility index (Phi) is 3.73. The third-order valence-electron chi connectivity index (χ3n) is 2.34. The van der Waals surface area contributed by atoms with Gasteiger partial charge in [-0.25, -0.2) is 9.59 Å². The molecule has 1 aliphatic rings. The zero-order valence-electron chi connectivity index (χ0n) is 8.36. The van der Waals surface area contributed by atoms with E-state index in [-0.39, 0.29) is 5.97 Å². The van der Waals surface area contributed by atoms with Gasteiger partial charge in [0.15, 0.2) is 0 Å². The van der Waals surface area contributed by atoms with E-state index in [1.807, 2.05) is 0 Å². The lowest BCUT2D eigenvalue weighted by Gasteiger charge is -2.32. The second-order valence-electron chi connectivity index (χ2n) is 3.30. The number of piperidine rings is 1. The number of amides is 2. The van der Waals surface area contributed by atoms with Gasteiger partial charge in [-0.2, -0.15) is 0 Å². The minimum Gasteiger partial charge on any atom is -0.464 e. The molecular weight excluding hydrogens is 184 g/mol. The Morgan fingerprint density at radius 3 is 2.79 bits per heavy atom. The third-order valence-corrected chi connectivity index (χ3v) is 2.34. The van der Waals surface area contributed by atoms with Crippen molar-refractivity contribution >= 4 is 12.0 Å². The molecule has 1 fully saturated rings. The maximum atomic E-state index is 11.4. The molecular formula is C9H16N2O3. The summed E-state index contributed by atoms with van der Waals surface area (Å²) >= 11 is 0. The Labute approximate surface area is 83.2 Å². The predicted octanol–water partition coefficient (Wildman–Crippen LogP) is 0.483. The highest BCUT2D eigenvalue weighted by Crippen LogP contribution is 2.17. The molecule has 1 aliphatic heterocycles. The maximum absolute atomic E-state index is 11.4. The largest absolute Gasteiger partial charge is 0.464 e. The summed E-state index contributed by atoms with van der Waals surface area (Å²) in [7, 11) is 0. The van der Waals surface area contributed by atoms with Crippen LogP contribution in [0.4, 0.5) is 4.79 Å². The summed E-state index contributed by atoms with van der Waals surface area (Å²) in [6, 6.07) is -1.01. The molecule has 0 aromatic carbocycles. The highest BCUT2D eigenvalue weighted by atomic mass is 16.5. The monoisotopic (exact) mass is 200 g/mol. The topological polar surface area (TPSA) is 72.6 Å². The second kappa shape index (κ2) is 4.83. The van der Waals surface area contributed by atoms with Crippen molar-refractivity contribution in [3.05, 3.63) is 0 Å². The van der Waals surface area contributed by atoms with E-state index < -0.39 is 12.1 Å². The molecule has 0 aliphatic carbocycles. The Morgan fingerprint density at radius 2 is 2.21 bits per heavy atom. The van der Waals surface area contributed by atoms with E-state index in [9.17, 15) is 9.59 Å². The number of primary amides is 1. The smallest absolute Gasteiger partial charge is 0.328 e. The summed E-state index contributed by atoms with van der Waals surface area (Å²) in [5, 5.41) is 0. The number of ether oxygens (including phenoxy) is 1. The Morgan fingerprint density at radius 1 is 1.50 bits per heavy atom. The molecule has 5 nitrogen and oxygen atoms in total. The van der Waals surface area contributed by atoms with E-state index in [0.717, 1.165) is 12.8 Å². The lowest BCUT2D eigenvalue weighted by molar-refractivity contribution is -0.149. The van der Waals surface area contributed by atoms with Crippen molar-refractivity contribution in [3.63, 3.8) is 0 Å². The molecule has 1 saturated heterocycles. The third kappa shape index (κ3) is 2.37. The number of nitrogens with zero attached hydrogens (tertiary/aromatic N) is 1. The van der Waals surface area contributed by atoms with Gasteiger partial charge < -0.3 is 15.4 Å².